The van der Waals surface area contributed by atoms with Crippen molar-refractivity contribution >= 4 is 34.2 Å². The first kappa shape index (κ1) is 26.0. The van der Waals surface area contributed by atoms with Crippen LogP contribution in [0.5, 0.6) is 11.5 Å². The van der Waals surface area contributed by atoms with Crippen LogP contribution in [0.15, 0.2) is 81.7 Å². The molecule has 5 rings (SSSR count). The standard InChI is InChI=1S/C31H26N2O5S/c1-5-17-38-25-16-13-20-9-7-8-10-23(20)24(25)18-26-29(34)33-28(21-11-14-22(36-4)15-12-21)27(30(35)37-6-2)19(3)32-31(33)39-26/h1,7-16,18,28H,6,17H2,2-4H3/b26-18-/t28-/m0/s1. The molecule has 1 aliphatic rings. The summed E-state index contributed by atoms with van der Waals surface area (Å²) in [5.41, 5.74) is 2.04. The number of carbonyl (C=O) groups is 1. The molecule has 0 aliphatic carbocycles. The maximum atomic E-state index is 14.0. The van der Waals surface area contributed by atoms with Gasteiger partial charge in [-0.1, -0.05) is 59.7 Å². The molecular weight excluding hydrogens is 512 g/mol. The summed E-state index contributed by atoms with van der Waals surface area (Å²) in [6, 6.07) is 18.2. The molecule has 0 N–H and O–H groups in total. The van der Waals surface area contributed by atoms with Crippen LogP contribution in [0.25, 0.3) is 16.8 Å². The quantitative estimate of drug-likeness (QED) is 0.263. The molecule has 1 aromatic heterocycles. The lowest BCUT2D eigenvalue weighted by Crippen LogP contribution is -2.39. The summed E-state index contributed by atoms with van der Waals surface area (Å²) < 4.78 is 18.5. The molecule has 7 nitrogen and oxygen atoms in total. The number of benzene rings is 3. The van der Waals surface area contributed by atoms with Crippen LogP contribution >= 0.6 is 11.3 Å². The lowest BCUT2D eigenvalue weighted by Gasteiger charge is -2.24. The van der Waals surface area contributed by atoms with Crippen LogP contribution < -0.4 is 24.4 Å². The summed E-state index contributed by atoms with van der Waals surface area (Å²) in [6.07, 6.45) is 7.26. The Balaban J connectivity index is 1.76. The van der Waals surface area contributed by atoms with Crippen LogP contribution in [-0.2, 0) is 9.53 Å². The molecule has 0 amide bonds. The molecule has 0 saturated heterocycles. The highest BCUT2D eigenvalue weighted by Gasteiger charge is 2.33. The Labute approximate surface area is 229 Å². The number of nitrogens with zero attached hydrogens (tertiary/aromatic N) is 2. The van der Waals surface area contributed by atoms with E-state index < -0.39 is 12.0 Å². The topological polar surface area (TPSA) is 79.1 Å². The SMILES string of the molecule is C#CCOc1ccc2ccccc2c1/C=c1\sc2n(c1=O)[C@@H](c1ccc(OC)cc1)C(C(=O)OCC)=C(C)N=2. The molecule has 0 unspecified atom stereocenters. The molecule has 0 spiro atoms. The third-order valence-electron chi connectivity index (χ3n) is 6.47. The number of thiazole rings is 1. The van der Waals surface area contributed by atoms with Gasteiger partial charge in [0.15, 0.2) is 4.80 Å². The molecule has 39 heavy (non-hydrogen) atoms. The zero-order valence-electron chi connectivity index (χ0n) is 21.8. The number of carbonyl (C=O) groups excluding carboxylic acids is 1. The smallest absolute Gasteiger partial charge is 0.338 e. The molecular formula is C31H26N2O5S. The number of ether oxygens (including phenoxy) is 3. The minimum absolute atomic E-state index is 0.0972. The predicted molar refractivity (Wildman–Crippen MR) is 152 cm³/mol. The van der Waals surface area contributed by atoms with E-state index in [0.29, 0.717) is 32.1 Å². The van der Waals surface area contributed by atoms with Crippen LogP contribution in [0.3, 0.4) is 0 Å². The van der Waals surface area contributed by atoms with E-state index in [-0.39, 0.29) is 18.8 Å². The van der Waals surface area contributed by atoms with E-state index in [9.17, 15) is 9.59 Å². The third kappa shape index (κ3) is 4.85. The number of allylic oxidation sites excluding steroid dienone is 1. The summed E-state index contributed by atoms with van der Waals surface area (Å²) in [5.74, 6) is 3.23. The number of aromatic nitrogens is 1. The van der Waals surface area contributed by atoms with Gasteiger partial charge in [-0.2, -0.15) is 0 Å². The average Bonchev–Trinajstić information content (AvgIpc) is 3.26. The Morgan fingerprint density at radius 3 is 2.64 bits per heavy atom. The Morgan fingerprint density at radius 1 is 1.15 bits per heavy atom. The second-order valence-electron chi connectivity index (χ2n) is 8.77. The van der Waals surface area contributed by atoms with Crippen LogP contribution in [0, 0.1) is 12.3 Å². The van der Waals surface area contributed by atoms with E-state index in [1.165, 1.54) is 11.3 Å². The molecule has 0 bridgehead atoms. The Bertz CT molecular complexity index is 1820. The fourth-order valence-electron chi connectivity index (χ4n) is 4.69. The van der Waals surface area contributed by atoms with E-state index >= 15 is 0 Å². The van der Waals surface area contributed by atoms with Crippen molar-refractivity contribution in [2.24, 2.45) is 4.99 Å². The largest absolute Gasteiger partial charge is 0.497 e. The number of esters is 1. The maximum Gasteiger partial charge on any atom is 0.338 e. The molecule has 3 aromatic carbocycles. The monoisotopic (exact) mass is 538 g/mol. The van der Waals surface area contributed by atoms with Crippen molar-refractivity contribution < 1.29 is 19.0 Å². The van der Waals surface area contributed by atoms with Crippen molar-refractivity contribution in [3.8, 4) is 23.8 Å². The zero-order valence-corrected chi connectivity index (χ0v) is 22.6. The highest BCUT2D eigenvalue weighted by molar-refractivity contribution is 7.07. The van der Waals surface area contributed by atoms with Crippen LogP contribution in [0.1, 0.15) is 31.0 Å². The van der Waals surface area contributed by atoms with Crippen molar-refractivity contribution in [2.45, 2.75) is 19.9 Å². The molecule has 4 aromatic rings. The van der Waals surface area contributed by atoms with Crippen molar-refractivity contribution in [1.82, 2.24) is 4.57 Å². The molecule has 8 heteroatoms. The molecule has 1 aliphatic heterocycles. The van der Waals surface area contributed by atoms with Gasteiger partial charge in [-0.15, -0.1) is 6.42 Å². The van der Waals surface area contributed by atoms with Gasteiger partial charge in [0.2, 0.25) is 0 Å². The zero-order chi connectivity index (χ0) is 27.5. The Hall–Kier alpha value is -4.61. The molecule has 0 saturated carbocycles. The summed E-state index contributed by atoms with van der Waals surface area (Å²) in [7, 11) is 1.58. The first-order chi connectivity index (χ1) is 19.0. The number of methoxy groups -OCH3 is 1. The van der Waals surface area contributed by atoms with Gasteiger partial charge in [0, 0.05) is 5.56 Å². The van der Waals surface area contributed by atoms with Crippen LogP contribution in [0.2, 0.25) is 0 Å². The fourth-order valence-corrected chi connectivity index (χ4v) is 5.72. The van der Waals surface area contributed by atoms with E-state index in [1.807, 2.05) is 54.6 Å². The van der Waals surface area contributed by atoms with Crippen molar-refractivity contribution in [3.63, 3.8) is 0 Å². The number of rotatable bonds is 7. The van der Waals surface area contributed by atoms with Gasteiger partial charge >= 0.3 is 5.97 Å². The summed E-state index contributed by atoms with van der Waals surface area (Å²) in [5, 5.41) is 1.93. The van der Waals surface area contributed by atoms with Crippen LogP contribution in [0.4, 0.5) is 0 Å². The van der Waals surface area contributed by atoms with Gasteiger partial charge in [-0.05, 0) is 54.5 Å². The second kappa shape index (κ2) is 11.0. The van der Waals surface area contributed by atoms with Gasteiger partial charge < -0.3 is 14.2 Å². The van der Waals surface area contributed by atoms with Gasteiger partial charge in [0.1, 0.15) is 18.1 Å². The lowest BCUT2D eigenvalue weighted by molar-refractivity contribution is -0.139. The van der Waals surface area contributed by atoms with Crippen LogP contribution in [-0.4, -0.2) is 30.9 Å². The first-order valence-corrected chi connectivity index (χ1v) is 13.2. The normalized spacial score (nSPS) is 14.9. The number of hydrogen-bond acceptors (Lipinski definition) is 7. The maximum absolute atomic E-state index is 14.0. The molecule has 2 heterocycles. The van der Waals surface area contributed by atoms with Gasteiger partial charge in [-0.3, -0.25) is 9.36 Å². The number of hydrogen-bond donors (Lipinski definition) is 0. The van der Waals surface area contributed by atoms with Crippen molar-refractivity contribution in [3.05, 3.63) is 103 Å². The Kier molecular flexibility index (Phi) is 7.35. The van der Waals surface area contributed by atoms with Gasteiger partial charge in [0.05, 0.1) is 35.6 Å². The summed E-state index contributed by atoms with van der Waals surface area (Å²) >= 11 is 1.26. The van der Waals surface area contributed by atoms with Crippen molar-refractivity contribution in [1.29, 1.82) is 0 Å². The van der Waals surface area contributed by atoms with E-state index in [4.69, 9.17) is 20.6 Å². The highest BCUT2D eigenvalue weighted by Crippen LogP contribution is 2.32. The van der Waals surface area contributed by atoms with Gasteiger partial charge in [-0.25, -0.2) is 9.79 Å². The summed E-state index contributed by atoms with van der Waals surface area (Å²) in [4.78, 5) is 32.3. The number of terminal acetylenes is 1. The highest BCUT2D eigenvalue weighted by atomic mass is 32.1. The second-order valence-corrected chi connectivity index (χ2v) is 9.78. The fraction of sp³-hybridized carbons (Fsp3) is 0.194. The average molecular weight is 539 g/mol. The third-order valence-corrected chi connectivity index (χ3v) is 7.45. The molecule has 196 valence electrons. The lowest BCUT2D eigenvalue weighted by atomic mass is 9.96. The minimum atomic E-state index is -0.710. The van der Waals surface area contributed by atoms with E-state index in [0.717, 1.165) is 21.9 Å². The minimum Gasteiger partial charge on any atom is -0.497 e. The molecule has 1 atom stereocenters. The predicted octanol–water partition coefficient (Wildman–Crippen LogP) is 3.97. The first-order valence-electron chi connectivity index (χ1n) is 12.4. The van der Waals surface area contributed by atoms with E-state index in [2.05, 4.69) is 10.9 Å². The number of fused-ring (bicyclic) bond motifs is 2. The van der Waals surface area contributed by atoms with E-state index in [1.54, 1.807) is 37.7 Å². The Morgan fingerprint density at radius 2 is 1.92 bits per heavy atom. The van der Waals surface area contributed by atoms with Gasteiger partial charge in [0.25, 0.3) is 5.56 Å². The van der Waals surface area contributed by atoms with Crippen molar-refractivity contribution in [2.75, 3.05) is 20.3 Å². The molecule has 0 fully saturated rings. The summed E-state index contributed by atoms with van der Waals surface area (Å²) in [6.45, 7) is 3.81. The molecule has 0 radical (unpaired) electrons.